The number of rotatable bonds is 6. The molecule has 0 heterocycles. The zero-order chi connectivity index (χ0) is 24.7. The molecule has 1 N–H and O–H groups in total. The van der Waals surface area contributed by atoms with E-state index in [9.17, 15) is 28.0 Å². The molecule has 0 atom stereocenters. The van der Waals surface area contributed by atoms with E-state index in [1.807, 2.05) is 0 Å². The predicted molar refractivity (Wildman–Crippen MR) is 118 cm³/mol. The molecule has 0 spiro atoms. The van der Waals surface area contributed by atoms with E-state index in [1.165, 1.54) is 49.6 Å². The van der Waals surface area contributed by atoms with Crippen molar-refractivity contribution in [2.45, 2.75) is 6.18 Å². The third-order valence-electron chi connectivity index (χ3n) is 4.57. The molecule has 0 unspecified atom stereocenters. The molecule has 172 valence electrons. The van der Waals surface area contributed by atoms with E-state index in [2.05, 4.69) is 5.32 Å². The summed E-state index contributed by atoms with van der Waals surface area (Å²) in [6.45, 7) is 0. The molecule has 3 aromatic carbocycles. The third-order valence-corrected chi connectivity index (χ3v) is 4.57. The van der Waals surface area contributed by atoms with Gasteiger partial charge in [0, 0.05) is 0 Å². The highest BCUT2D eigenvalue weighted by Crippen LogP contribution is 2.34. The fraction of sp³-hybridized carbons (Fsp3) is 0.0800. The molecule has 3 aromatic rings. The molecule has 0 aromatic heterocycles. The molecule has 1 amide bonds. The smallest absolute Gasteiger partial charge is 0.418 e. The molecule has 0 aliphatic carbocycles. The molecule has 0 fully saturated rings. The van der Waals surface area contributed by atoms with E-state index in [-0.39, 0.29) is 5.75 Å². The summed E-state index contributed by atoms with van der Waals surface area (Å²) < 4.78 is 49.7. The van der Waals surface area contributed by atoms with Crippen LogP contribution in [0.1, 0.15) is 21.5 Å². The van der Waals surface area contributed by atoms with Crippen molar-refractivity contribution in [3.8, 4) is 17.6 Å². The van der Waals surface area contributed by atoms with E-state index in [1.54, 1.807) is 30.3 Å². The van der Waals surface area contributed by atoms with Crippen LogP contribution >= 0.6 is 0 Å². The number of nitriles is 1. The molecular weight excluding hydrogens is 449 g/mol. The van der Waals surface area contributed by atoms with Crippen molar-refractivity contribution in [2.75, 3.05) is 12.4 Å². The zero-order valence-electron chi connectivity index (χ0n) is 17.7. The Morgan fingerprint density at radius 3 is 2.15 bits per heavy atom. The quantitative estimate of drug-likeness (QED) is 0.225. The van der Waals surface area contributed by atoms with Gasteiger partial charge in [-0.3, -0.25) is 4.79 Å². The number of anilines is 1. The number of para-hydroxylation sites is 1. The Hall–Kier alpha value is -4.58. The minimum Gasteiger partial charge on any atom is -0.497 e. The van der Waals surface area contributed by atoms with Crippen molar-refractivity contribution in [3.63, 3.8) is 0 Å². The number of hydrogen-bond donors (Lipinski definition) is 1. The molecular formula is C25H17F3N2O4. The standard InChI is InChI=1S/C25H17F3N2O4/c1-33-19-12-8-17(9-13-19)24(32)34-20-10-6-16(7-11-20)14-18(15-29)23(31)30-22-5-3-2-4-21(22)25(26,27)28/h2-14H,1H3,(H,30,31)/b18-14+. The molecule has 0 radical (unpaired) electrons. The number of halogens is 3. The Morgan fingerprint density at radius 2 is 1.56 bits per heavy atom. The number of alkyl halides is 3. The molecule has 6 nitrogen and oxygen atoms in total. The van der Waals surface area contributed by atoms with Gasteiger partial charge in [0.15, 0.2) is 0 Å². The van der Waals surface area contributed by atoms with Crippen LogP contribution in [-0.4, -0.2) is 19.0 Å². The number of ether oxygens (including phenoxy) is 2. The van der Waals surface area contributed by atoms with E-state index in [0.29, 0.717) is 16.9 Å². The molecule has 9 heteroatoms. The molecule has 0 bridgehead atoms. The molecule has 0 saturated carbocycles. The van der Waals surface area contributed by atoms with Gasteiger partial charge in [-0.25, -0.2) is 4.79 Å². The van der Waals surface area contributed by atoms with Gasteiger partial charge in [0.1, 0.15) is 23.1 Å². The number of nitrogens with one attached hydrogen (secondary N) is 1. The second-order valence-electron chi connectivity index (χ2n) is 6.85. The van der Waals surface area contributed by atoms with E-state index >= 15 is 0 Å². The number of hydrogen-bond acceptors (Lipinski definition) is 5. The number of nitrogens with zero attached hydrogens (tertiary/aromatic N) is 1. The second kappa shape index (κ2) is 10.4. The maximum Gasteiger partial charge on any atom is 0.418 e. The summed E-state index contributed by atoms with van der Waals surface area (Å²) in [6.07, 6.45) is -3.46. The Bertz CT molecular complexity index is 1260. The van der Waals surface area contributed by atoms with Gasteiger partial charge in [0.05, 0.1) is 23.9 Å². The maximum atomic E-state index is 13.1. The minimum absolute atomic E-state index is 0.222. The van der Waals surface area contributed by atoms with Crippen molar-refractivity contribution in [1.82, 2.24) is 0 Å². The van der Waals surface area contributed by atoms with Crippen molar-refractivity contribution < 1.29 is 32.2 Å². The summed E-state index contributed by atoms with van der Waals surface area (Å²) in [5.41, 5.74) is -1.17. The number of benzene rings is 3. The van der Waals surface area contributed by atoms with Gasteiger partial charge in [0.25, 0.3) is 5.91 Å². The number of esters is 1. The van der Waals surface area contributed by atoms with Crippen LogP contribution in [0.5, 0.6) is 11.5 Å². The largest absolute Gasteiger partial charge is 0.497 e. The van der Waals surface area contributed by atoms with Gasteiger partial charge in [-0.1, -0.05) is 24.3 Å². The average Bonchev–Trinajstić information content (AvgIpc) is 2.83. The summed E-state index contributed by atoms with van der Waals surface area (Å²) in [5.74, 6) is -0.771. The molecule has 34 heavy (non-hydrogen) atoms. The van der Waals surface area contributed by atoms with Gasteiger partial charge in [-0.05, 0) is 60.2 Å². The lowest BCUT2D eigenvalue weighted by molar-refractivity contribution is -0.137. The lowest BCUT2D eigenvalue weighted by Gasteiger charge is -2.13. The third kappa shape index (κ3) is 6.01. The van der Waals surface area contributed by atoms with Crippen molar-refractivity contribution in [1.29, 1.82) is 5.26 Å². The summed E-state index contributed by atoms with van der Waals surface area (Å²) in [7, 11) is 1.51. The summed E-state index contributed by atoms with van der Waals surface area (Å²) in [5, 5.41) is 11.4. The highest BCUT2D eigenvalue weighted by molar-refractivity contribution is 6.10. The normalized spacial score (nSPS) is 11.3. The minimum atomic E-state index is -4.67. The van der Waals surface area contributed by atoms with Crippen molar-refractivity contribution in [2.24, 2.45) is 0 Å². The number of carbonyl (C=O) groups excluding carboxylic acids is 2. The van der Waals surface area contributed by atoms with Crippen LogP contribution in [0.15, 0.2) is 78.4 Å². The summed E-state index contributed by atoms with van der Waals surface area (Å²) in [4.78, 5) is 24.6. The summed E-state index contributed by atoms with van der Waals surface area (Å²) in [6, 6.07) is 18.4. The monoisotopic (exact) mass is 466 g/mol. The van der Waals surface area contributed by atoms with Crippen LogP contribution in [0, 0.1) is 11.3 Å². The Labute approximate surface area is 192 Å². The number of methoxy groups -OCH3 is 1. The van der Waals surface area contributed by atoms with Crippen LogP contribution in [0.2, 0.25) is 0 Å². The SMILES string of the molecule is COc1ccc(C(=O)Oc2ccc(/C=C(\C#N)C(=O)Nc3ccccc3C(F)(F)F)cc2)cc1. The van der Waals surface area contributed by atoms with E-state index in [0.717, 1.165) is 12.1 Å². The molecule has 0 saturated heterocycles. The van der Waals surface area contributed by atoms with E-state index < -0.39 is 34.9 Å². The first kappa shape index (κ1) is 24.1. The second-order valence-corrected chi connectivity index (χ2v) is 6.85. The maximum absolute atomic E-state index is 13.1. The Kier molecular flexibility index (Phi) is 7.33. The molecule has 0 aliphatic heterocycles. The zero-order valence-corrected chi connectivity index (χ0v) is 17.7. The first-order chi connectivity index (χ1) is 16.2. The summed E-state index contributed by atoms with van der Waals surface area (Å²) >= 11 is 0. The molecule has 3 rings (SSSR count). The average molecular weight is 466 g/mol. The van der Waals surface area contributed by atoms with E-state index in [4.69, 9.17) is 9.47 Å². The number of amides is 1. The van der Waals surface area contributed by atoms with Crippen LogP contribution in [-0.2, 0) is 11.0 Å². The van der Waals surface area contributed by atoms with Crippen LogP contribution < -0.4 is 14.8 Å². The number of carbonyl (C=O) groups is 2. The lowest BCUT2D eigenvalue weighted by atomic mass is 10.1. The van der Waals surface area contributed by atoms with Gasteiger partial charge in [-0.15, -0.1) is 0 Å². The highest BCUT2D eigenvalue weighted by atomic mass is 19.4. The topological polar surface area (TPSA) is 88.4 Å². The van der Waals surface area contributed by atoms with Crippen molar-refractivity contribution in [3.05, 3.63) is 95.1 Å². The highest BCUT2D eigenvalue weighted by Gasteiger charge is 2.33. The van der Waals surface area contributed by atoms with Gasteiger partial charge < -0.3 is 14.8 Å². The molecule has 0 aliphatic rings. The predicted octanol–water partition coefficient (Wildman–Crippen LogP) is 5.48. The fourth-order valence-electron chi connectivity index (χ4n) is 2.87. The van der Waals surface area contributed by atoms with Crippen LogP contribution in [0.25, 0.3) is 6.08 Å². The van der Waals surface area contributed by atoms with Crippen LogP contribution in [0.3, 0.4) is 0 Å². The Morgan fingerprint density at radius 1 is 0.941 bits per heavy atom. The first-order valence-electron chi connectivity index (χ1n) is 9.77. The lowest BCUT2D eigenvalue weighted by Crippen LogP contribution is -2.17. The van der Waals surface area contributed by atoms with Gasteiger partial charge in [-0.2, -0.15) is 18.4 Å². The van der Waals surface area contributed by atoms with Crippen molar-refractivity contribution >= 4 is 23.6 Å². The fourth-order valence-corrected chi connectivity index (χ4v) is 2.87. The Balaban J connectivity index is 1.71. The van der Waals surface area contributed by atoms with Gasteiger partial charge in [0.2, 0.25) is 0 Å². The first-order valence-corrected chi connectivity index (χ1v) is 9.77. The van der Waals surface area contributed by atoms with Gasteiger partial charge >= 0.3 is 12.1 Å². The van der Waals surface area contributed by atoms with Crippen LogP contribution in [0.4, 0.5) is 18.9 Å².